The van der Waals surface area contributed by atoms with Crippen LogP contribution in [0.1, 0.15) is 32.1 Å². The van der Waals surface area contributed by atoms with Gasteiger partial charge in [0.25, 0.3) is 0 Å². The van der Waals surface area contributed by atoms with E-state index in [0.29, 0.717) is 0 Å². The van der Waals surface area contributed by atoms with Gasteiger partial charge in [0, 0.05) is 0 Å². The van der Waals surface area contributed by atoms with Gasteiger partial charge in [0.15, 0.2) is 20.2 Å². The van der Waals surface area contributed by atoms with Gasteiger partial charge in [0.05, 0.1) is 0 Å². The first-order valence-corrected chi connectivity index (χ1v) is 9.73. The molecule has 0 saturated carbocycles. The van der Waals surface area contributed by atoms with Gasteiger partial charge in [-0.1, -0.05) is 29.9 Å². The van der Waals surface area contributed by atoms with Crippen LogP contribution in [0.2, 0.25) is 0 Å². The van der Waals surface area contributed by atoms with Gasteiger partial charge in [-0.25, -0.2) is 16.8 Å². The van der Waals surface area contributed by atoms with Crippen LogP contribution in [0.4, 0.5) is 26.3 Å². The predicted molar refractivity (Wildman–Crippen MR) is 82.0 cm³/mol. The van der Waals surface area contributed by atoms with Gasteiger partial charge in [-0.3, -0.25) is 0 Å². The number of alkyl halides is 6. The summed E-state index contributed by atoms with van der Waals surface area (Å²) in [5.41, 5.74) is -9.73. The van der Waals surface area contributed by atoms with Crippen molar-refractivity contribution < 1.29 is 72.7 Å². The number of halogens is 6. The van der Waals surface area contributed by atoms with Crippen molar-refractivity contribution in [1.82, 2.24) is 0 Å². The summed E-state index contributed by atoms with van der Waals surface area (Å²) in [6.45, 7) is 3.75. The average molecular weight is 553 g/mol. The van der Waals surface area contributed by atoms with E-state index in [2.05, 4.69) is 24.8 Å². The largest absolute Gasteiger partial charge is 2.00 e. The zero-order valence-corrected chi connectivity index (χ0v) is 17.1. The first kappa shape index (κ1) is 32.0. The molecule has 1 aliphatic carbocycles. The van der Waals surface area contributed by atoms with E-state index in [1.54, 1.807) is 5.57 Å². The quantitative estimate of drug-likeness (QED) is 0.170. The molecule has 0 saturated heterocycles. The molecule has 1 aliphatic rings. The zero-order valence-electron chi connectivity index (χ0n) is 13.9. The normalized spacial score (nSPS) is 15.2. The number of hydrogen-bond acceptors (Lipinski definition) is 6. The van der Waals surface area contributed by atoms with Crippen LogP contribution in [-0.4, -0.2) is 37.0 Å². The van der Waals surface area contributed by atoms with Gasteiger partial charge in [-0.05, 0) is 32.1 Å². The van der Waals surface area contributed by atoms with Gasteiger partial charge < -0.3 is 9.11 Å². The fourth-order valence-electron chi connectivity index (χ4n) is 1.36. The minimum Gasteiger partial charge on any atom is -0.741 e. The van der Waals surface area contributed by atoms with Crippen molar-refractivity contribution in [2.24, 2.45) is 0 Å². The van der Waals surface area contributed by atoms with Crippen molar-refractivity contribution in [3.8, 4) is 0 Å². The second-order valence-electron chi connectivity index (χ2n) is 4.74. The summed E-state index contributed by atoms with van der Waals surface area (Å²) in [5.74, 6) is 0. The van der Waals surface area contributed by atoms with Crippen molar-refractivity contribution in [3.63, 3.8) is 0 Å². The fraction of sp³-hybridized carbons (Fsp3) is 0.538. The van der Waals surface area contributed by atoms with Crippen LogP contribution in [0.25, 0.3) is 0 Å². The Morgan fingerprint density at radius 2 is 1.25 bits per heavy atom. The molecule has 0 unspecified atom stereocenters. The molecule has 6 nitrogen and oxygen atoms in total. The SMILES string of the molecule is C=CCC1=CCCC=CCC1.O=S(=O)([O-])C(F)(F)F.O=S(=O)([O-])C(F)(F)F.[Pd+2]. The molecular formula is C13H16F6O6PdS2. The Morgan fingerprint density at radius 1 is 0.893 bits per heavy atom. The van der Waals surface area contributed by atoms with Crippen molar-refractivity contribution in [2.45, 2.75) is 43.1 Å². The maximum absolute atomic E-state index is 10.7. The van der Waals surface area contributed by atoms with Gasteiger partial charge in [0.2, 0.25) is 0 Å². The third-order valence-corrected chi connectivity index (χ3v) is 3.67. The molecule has 0 spiro atoms. The minimum absolute atomic E-state index is 0. The molecule has 0 amide bonds. The van der Waals surface area contributed by atoms with E-state index in [1.165, 1.54) is 25.7 Å². The van der Waals surface area contributed by atoms with E-state index in [-0.39, 0.29) is 20.4 Å². The molecule has 0 aromatic carbocycles. The van der Waals surface area contributed by atoms with E-state index in [4.69, 9.17) is 25.9 Å². The Hall–Kier alpha value is -0.718. The van der Waals surface area contributed by atoms with Crippen LogP contribution in [0.5, 0.6) is 0 Å². The van der Waals surface area contributed by atoms with Gasteiger partial charge in [-0.2, -0.15) is 26.3 Å². The van der Waals surface area contributed by atoms with E-state index in [1.807, 2.05) is 6.08 Å². The molecule has 0 N–H and O–H groups in total. The Morgan fingerprint density at radius 3 is 1.57 bits per heavy atom. The van der Waals surface area contributed by atoms with Gasteiger partial charge in [0.1, 0.15) is 0 Å². The van der Waals surface area contributed by atoms with E-state index in [0.717, 1.165) is 6.42 Å². The van der Waals surface area contributed by atoms with Crippen molar-refractivity contribution in [3.05, 3.63) is 36.5 Å². The fourth-order valence-corrected chi connectivity index (χ4v) is 1.36. The summed E-state index contributed by atoms with van der Waals surface area (Å²) < 4.78 is 118. The Labute approximate surface area is 172 Å². The number of hydrogen-bond donors (Lipinski definition) is 0. The molecule has 0 bridgehead atoms. The van der Waals surface area contributed by atoms with Crippen molar-refractivity contribution >= 4 is 20.2 Å². The van der Waals surface area contributed by atoms with Crippen LogP contribution >= 0.6 is 0 Å². The predicted octanol–water partition coefficient (Wildman–Crippen LogP) is 3.72. The molecule has 1 rings (SSSR count). The summed E-state index contributed by atoms with van der Waals surface area (Å²) in [5, 5.41) is 0. The summed E-state index contributed by atoms with van der Waals surface area (Å²) in [6, 6.07) is 0. The average Bonchev–Trinajstić information content (AvgIpc) is 2.38. The van der Waals surface area contributed by atoms with Crippen LogP contribution in [-0.2, 0) is 40.7 Å². The Bertz CT molecular complexity index is 682. The first-order chi connectivity index (χ1) is 11.9. The monoisotopic (exact) mass is 552 g/mol. The van der Waals surface area contributed by atoms with E-state index >= 15 is 0 Å². The molecule has 168 valence electrons. The summed E-state index contributed by atoms with van der Waals surface area (Å²) in [6.07, 6.45) is 14.9. The molecule has 0 aromatic rings. The molecular weight excluding hydrogens is 537 g/mol. The first-order valence-electron chi connectivity index (χ1n) is 6.91. The Kier molecular flexibility index (Phi) is 15.4. The van der Waals surface area contributed by atoms with Crippen molar-refractivity contribution in [2.75, 3.05) is 0 Å². The van der Waals surface area contributed by atoms with Crippen molar-refractivity contribution in [1.29, 1.82) is 0 Å². The van der Waals surface area contributed by atoms with Gasteiger partial charge in [-0.15, -0.1) is 6.58 Å². The molecule has 0 atom stereocenters. The third kappa shape index (κ3) is 16.3. The molecule has 0 aromatic heterocycles. The maximum atomic E-state index is 10.7. The zero-order chi connectivity index (χ0) is 21.9. The smallest absolute Gasteiger partial charge is 0.741 e. The van der Waals surface area contributed by atoms with Gasteiger partial charge >= 0.3 is 31.4 Å². The van der Waals surface area contributed by atoms with Crippen LogP contribution < -0.4 is 0 Å². The van der Waals surface area contributed by atoms with E-state index in [9.17, 15) is 26.3 Å². The maximum Gasteiger partial charge on any atom is 2.00 e. The minimum atomic E-state index is -6.09. The molecule has 0 aliphatic heterocycles. The second-order valence-corrected chi connectivity index (χ2v) is 7.48. The molecule has 28 heavy (non-hydrogen) atoms. The number of allylic oxidation sites excluding steroid dienone is 5. The van der Waals surface area contributed by atoms with E-state index < -0.39 is 31.3 Å². The molecule has 0 heterocycles. The summed E-state index contributed by atoms with van der Waals surface area (Å²) >= 11 is 0. The number of rotatable bonds is 2. The second kappa shape index (κ2) is 13.5. The topological polar surface area (TPSA) is 114 Å². The van der Waals surface area contributed by atoms with Crippen LogP contribution in [0.15, 0.2) is 36.5 Å². The molecule has 15 heteroatoms. The standard InChI is InChI=1S/C11H16.2CHF3O3S.Pd/c1-2-8-11-9-6-4-3-5-7-10-11;2*2-1(3,4)8(5,6)7;/h2-4,10H,1,5-9H2;2*(H,5,6,7);/q;;;+2/p-2. The summed E-state index contributed by atoms with van der Waals surface area (Å²) in [4.78, 5) is 0. The van der Waals surface area contributed by atoms with Crippen LogP contribution in [0, 0.1) is 0 Å². The summed E-state index contributed by atoms with van der Waals surface area (Å²) in [7, 11) is -12.2. The third-order valence-electron chi connectivity index (χ3n) is 2.54. The molecule has 0 radical (unpaired) electrons. The Balaban J connectivity index is -0.000000337. The molecule has 0 fully saturated rings. The van der Waals surface area contributed by atoms with Crippen LogP contribution in [0.3, 0.4) is 0 Å².